The normalized spacial score (nSPS) is 12.7. The van der Waals surface area contributed by atoms with E-state index in [-0.39, 0.29) is 65.4 Å². The standard InChI is InChI=1S/C10H20.C9H18.2Y/c1-6-8-9(7-2)10(3,4)5;1-6-8(7-2)9(3,4)5;;/h9H,1-2,6-8H2,3-5H3;8H,1-2,6-7H2,3-5H3;;/q2*-2;;. The van der Waals surface area contributed by atoms with Crippen molar-refractivity contribution in [3.05, 3.63) is 27.7 Å². The second-order valence-electron chi connectivity index (χ2n) is 7.63. The first-order valence-electron chi connectivity index (χ1n) is 7.71. The predicted molar refractivity (Wildman–Crippen MR) is 90.4 cm³/mol. The topological polar surface area (TPSA) is 0 Å². The summed E-state index contributed by atoms with van der Waals surface area (Å²) in [5.74, 6) is 1.42. The first-order chi connectivity index (χ1) is 8.54. The van der Waals surface area contributed by atoms with Crippen LogP contribution >= 0.6 is 0 Å². The molecule has 0 nitrogen and oxygen atoms in total. The molecule has 1 unspecified atom stereocenters. The van der Waals surface area contributed by atoms with Crippen LogP contribution in [0.2, 0.25) is 0 Å². The minimum atomic E-state index is 0. The molecule has 0 aliphatic rings. The molecule has 0 aliphatic heterocycles. The monoisotopic (exact) mass is 444 g/mol. The van der Waals surface area contributed by atoms with Crippen molar-refractivity contribution in [1.29, 1.82) is 0 Å². The van der Waals surface area contributed by atoms with Crippen LogP contribution in [0.4, 0.5) is 0 Å². The minimum absolute atomic E-state index is 0. The van der Waals surface area contributed by atoms with E-state index in [9.17, 15) is 0 Å². The first kappa shape index (κ1) is 31.0. The van der Waals surface area contributed by atoms with E-state index in [1.165, 1.54) is 6.42 Å². The molecule has 2 heteroatoms. The van der Waals surface area contributed by atoms with E-state index in [4.69, 9.17) is 0 Å². The summed E-state index contributed by atoms with van der Waals surface area (Å²) in [6.07, 6.45) is 5.31. The summed E-state index contributed by atoms with van der Waals surface area (Å²) >= 11 is 0. The largest absolute Gasteiger partial charge is 0.343 e. The fourth-order valence-electron chi connectivity index (χ4n) is 2.27. The molecule has 0 rings (SSSR count). The molecule has 21 heavy (non-hydrogen) atoms. The van der Waals surface area contributed by atoms with Gasteiger partial charge in [-0.05, 0) is 10.8 Å². The van der Waals surface area contributed by atoms with Gasteiger partial charge in [-0.25, -0.2) is 0 Å². The van der Waals surface area contributed by atoms with Gasteiger partial charge in [-0.3, -0.25) is 0 Å². The number of rotatable bonds is 5. The molecule has 0 saturated heterocycles. The Labute approximate surface area is 187 Å². The summed E-state index contributed by atoms with van der Waals surface area (Å²) in [5.41, 5.74) is 0.808. The van der Waals surface area contributed by atoms with Crippen molar-refractivity contribution in [2.75, 3.05) is 0 Å². The van der Waals surface area contributed by atoms with Gasteiger partial charge in [-0.1, -0.05) is 59.8 Å². The molecular formula is C19H38Y2-4. The molecule has 1 atom stereocenters. The van der Waals surface area contributed by atoms with Crippen LogP contribution < -0.4 is 0 Å². The Morgan fingerprint density at radius 1 is 0.619 bits per heavy atom. The van der Waals surface area contributed by atoms with Crippen LogP contribution in [0, 0.1) is 50.4 Å². The average Bonchev–Trinajstić information content (AvgIpc) is 2.24. The van der Waals surface area contributed by atoms with E-state index in [1.807, 2.05) is 0 Å². The summed E-state index contributed by atoms with van der Waals surface area (Å²) in [4.78, 5) is 0. The Morgan fingerprint density at radius 3 is 0.952 bits per heavy atom. The van der Waals surface area contributed by atoms with Crippen molar-refractivity contribution < 1.29 is 65.4 Å². The van der Waals surface area contributed by atoms with Gasteiger partial charge >= 0.3 is 0 Å². The van der Waals surface area contributed by atoms with Crippen LogP contribution in [0.1, 0.15) is 73.6 Å². The maximum Gasteiger partial charge on any atom is 0 e. The molecule has 0 fully saturated rings. The fraction of sp³-hybridized carbons (Fsp3) is 0.789. The van der Waals surface area contributed by atoms with Gasteiger partial charge in [0.2, 0.25) is 0 Å². The fourth-order valence-corrected chi connectivity index (χ4v) is 2.27. The van der Waals surface area contributed by atoms with Gasteiger partial charge in [-0.15, -0.1) is 0 Å². The zero-order valence-electron chi connectivity index (χ0n) is 15.7. The SMILES string of the molecule is [CH2-]CC(C[CH2-])C(C)(C)C.[CH2-]CCC(C[CH2-])C(C)(C)C.[Y].[Y]. The second-order valence-corrected chi connectivity index (χ2v) is 7.63. The van der Waals surface area contributed by atoms with Crippen LogP contribution in [0.25, 0.3) is 0 Å². The molecule has 0 bridgehead atoms. The average molecular weight is 444 g/mol. The van der Waals surface area contributed by atoms with Gasteiger partial charge in [-0.2, -0.15) is 25.7 Å². The summed E-state index contributed by atoms with van der Waals surface area (Å²) < 4.78 is 0. The third-order valence-electron chi connectivity index (χ3n) is 4.05. The van der Waals surface area contributed by atoms with Crippen molar-refractivity contribution in [2.24, 2.45) is 22.7 Å². The van der Waals surface area contributed by atoms with Crippen molar-refractivity contribution in [2.45, 2.75) is 73.6 Å². The molecule has 124 valence electrons. The Kier molecular flexibility index (Phi) is 23.2. The van der Waals surface area contributed by atoms with Crippen molar-refractivity contribution in [3.63, 3.8) is 0 Å². The third-order valence-corrected chi connectivity index (χ3v) is 4.05. The van der Waals surface area contributed by atoms with Crippen LogP contribution in [0.5, 0.6) is 0 Å². The Morgan fingerprint density at radius 2 is 0.905 bits per heavy atom. The van der Waals surface area contributed by atoms with Gasteiger partial charge in [0.1, 0.15) is 0 Å². The smallest absolute Gasteiger partial charge is 0 e. The van der Waals surface area contributed by atoms with E-state index >= 15 is 0 Å². The molecule has 0 saturated carbocycles. The van der Waals surface area contributed by atoms with Crippen molar-refractivity contribution in [1.82, 2.24) is 0 Å². The van der Waals surface area contributed by atoms with Gasteiger partial charge in [0, 0.05) is 65.4 Å². The molecule has 0 aromatic carbocycles. The maximum absolute atomic E-state index is 3.94. The van der Waals surface area contributed by atoms with Gasteiger partial charge < -0.3 is 27.7 Å². The Balaban J connectivity index is -0.000000126. The predicted octanol–water partition coefficient (Wildman–Crippen LogP) is 6.58. The van der Waals surface area contributed by atoms with E-state index < -0.39 is 0 Å². The Hall–Kier alpha value is 2.21. The summed E-state index contributed by atoms with van der Waals surface area (Å²) in [5, 5.41) is 0. The second kappa shape index (κ2) is 15.7. The van der Waals surface area contributed by atoms with Crippen LogP contribution in [0.3, 0.4) is 0 Å². The zero-order valence-corrected chi connectivity index (χ0v) is 21.3. The summed E-state index contributed by atoms with van der Waals surface area (Å²) in [7, 11) is 0. The van der Waals surface area contributed by atoms with Crippen LogP contribution in [-0.4, -0.2) is 0 Å². The van der Waals surface area contributed by atoms with Gasteiger partial charge in [0.25, 0.3) is 0 Å². The molecule has 0 heterocycles. The van der Waals surface area contributed by atoms with Gasteiger partial charge in [0.15, 0.2) is 0 Å². The maximum atomic E-state index is 3.94. The molecular weight excluding hydrogens is 406 g/mol. The molecule has 0 aromatic heterocycles. The van der Waals surface area contributed by atoms with Gasteiger partial charge in [0.05, 0.1) is 0 Å². The van der Waals surface area contributed by atoms with Crippen molar-refractivity contribution in [3.8, 4) is 0 Å². The quantitative estimate of drug-likeness (QED) is 0.421. The van der Waals surface area contributed by atoms with E-state index in [1.54, 1.807) is 0 Å². The Bertz CT molecular complexity index is 195. The molecule has 0 N–H and O–H groups in total. The van der Waals surface area contributed by atoms with E-state index in [0.29, 0.717) is 16.7 Å². The molecule has 0 amide bonds. The summed E-state index contributed by atoms with van der Waals surface area (Å²) in [6, 6.07) is 0. The van der Waals surface area contributed by atoms with E-state index in [2.05, 4.69) is 69.2 Å². The number of hydrogen-bond donors (Lipinski definition) is 0. The first-order valence-corrected chi connectivity index (χ1v) is 7.71. The molecule has 2 radical (unpaired) electrons. The zero-order chi connectivity index (χ0) is 15.7. The third kappa shape index (κ3) is 16.8. The minimum Gasteiger partial charge on any atom is -0.343 e. The van der Waals surface area contributed by atoms with E-state index in [0.717, 1.165) is 31.6 Å². The van der Waals surface area contributed by atoms with Crippen molar-refractivity contribution >= 4 is 0 Å². The van der Waals surface area contributed by atoms with Crippen LogP contribution in [-0.2, 0) is 65.4 Å². The number of hydrogen-bond acceptors (Lipinski definition) is 0. The molecule has 0 aliphatic carbocycles. The molecule has 0 aromatic rings. The van der Waals surface area contributed by atoms with Crippen LogP contribution in [0.15, 0.2) is 0 Å². The molecule has 0 spiro atoms. The summed E-state index contributed by atoms with van der Waals surface area (Å²) in [6.45, 7) is 29.1.